The van der Waals surface area contributed by atoms with Gasteiger partial charge in [-0.15, -0.1) is 0 Å². The smallest absolute Gasteiger partial charge is 0.337 e. The minimum Gasteiger partial charge on any atom is -0.489 e. The van der Waals surface area contributed by atoms with Gasteiger partial charge in [-0.2, -0.15) is 0 Å². The second-order valence-electron chi connectivity index (χ2n) is 6.62. The molecule has 0 spiro atoms. The lowest BCUT2D eigenvalue weighted by Gasteiger charge is -2.29. The highest BCUT2D eigenvalue weighted by atomic mass is 16.5. The molecule has 0 saturated carbocycles. The fraction of sp³-hybridized carbons (Fsp3) is 0.125. The fourth-order valence-electron chi connectivity index (χ4n) is 3.61. The Morgan fingerprint density at radius 3 is 2.21 bits per heavy atom. The monoisotopic (exact) mass is 372 g/mol. The van der Waals surface area contributed by atoms with Crippen LogP contribution in [0.5, 0.6) is 5.75 Å². The minimum atomic E-state index is -1.67. The molecule has 1 heterocycles. The van der Waals surface area contributed by atoms with E-state index < -0.39 is 11.6 Å². The van der Waals surface area contributed by atoms with E-state index in [1.54, 1.807) is 12.1 Å². The zero-order chi connectivity index (χ0) is 19.6. The van der Waals surface area contributed by atoms with Crippen molar-refractivity contribution in [1.82, 2.24) is 0 Å². The van der Waals surface area contributed by atoms with Gasteiger partial charge in [0.05, 0.1) is 12.7 Å². The third kappa shape index (κ3) is 2.98. The maximum atomic E-state index is 13.0. The van der Waals surface area contributed by atoms with Gasteiger partial charge in [-0.3, -0.25) is 0 Å². The van der Waals surface area contributed by atoms with Crippen LogP contribution in [0.3, 0.4) is 0 Å². The molecule has 1 unspecified atom stereocenters. The Kier molecular flexibility index (Phi) is 4.72. The summed E-state index contributed by atoms with van der Waals surface area (Å²) in [5, 5.41) is 11.8. The SMILES string of the molecule is COC(=O)C1=C(c2ccccc2)c2ccccc2OCC1(O)c1ccccc1. The molecule has 0 bridgehead atoms. The standard InChI is InChI=1S/C24H20O4/c1-27-23(25)22-21(17-10-4-2-5-11-17)19-14-8-9-15-20(19)28-16-24(22,26)18-12-6-3-7-13-18/h2-15,26H,16H2,1H3. The van der Waals surface area contributed by atoms with Gasteiger partial charge < -0.3 is 14.6 Å². The number of esters is 1. The van der Waals surface area contributed by atoms with Crippen LogP contribution in [-0.2, 0) is 15.1 Å². The predicted molar refractivity (Wildman–Crippen MR) is 107 cm³/mol. The van der Waals surface area contributed by atoms with Crippen LogP contribution in [0, 0.1) is 0 Å². The van der Waals surface area contributed by atoms with Crippen molar-refractivity contribution in [2.75, 3.05) is 13.7 Å². The van der Waals surface area contributed by atoms with Crippen LogP contribution in [0.2, 0.25) is 0 Å². The number of rotatable bonds is 3. The van der Waals surface area contributed by atoms with Crippen molar-refractivity contribution in [2.45, 2.75) is 5.60 Å². The lowest BCUT2D eigenvalue weighted by Crippen LogP contribution is -2.38. The minimum absolute atomic E-state index is 0.102. The molecule has 0 aromatic heterocycles. The van der Waals surface area contributed by atoms with E-state index in [-0.39, 0.29) is 12.2 Å². The van der Waals surface area contributed by atoms with Gasteiger partial charge in [0.15, 0.2) is 5.60 Å². The van der Waals surface area contributed by atoms with E-state index in [1.165, 1.54) is 7.11 Å². The molecule has 0 amide bonds. The Hall–Kier alpha value is -3.37. The number of aliphatic hydroxyl groups is 1. The van der Waals surface area contributed by atoms with E-state index in [0.717, 1.165) is 11.1 Å². The second kappa shape index (κ2) is 7.33. The van der Waals surface area contributed by atoms with Crippen molar-refractivity contribution in [2.24, 2.45) is 0 Å². The Morgan fingerprint density at radius 2 is 1.54 bits per heavy atom. The molecule has 0 fully saturated rings. The largest absolute Gasteiger partial charge is 0.489 e. The van der Waals surface area contributed by atoms with E-state index in [9.17, 15) is 9.90 Å². The average molecular weight is 372 g/mol. The maximum Gasteiger partial charge on any atom is 0.337 e. The molecule has 0 radical (unpaired) electrons. The van der Waals surface area contributed by atoms with Crippen molar-refractivity contribution >= 4 is 11.5 Å². The van der Waals surface area contributed by atoms with Crippen LogP contribution >= 0.6 is 0 Å². The summed E-state index contributed by atoms with van der Waals surface area (Å²) in [7, 11) is 1.32. The first kappa shape index (κ1) is 18.0. The molecule has 0 saturated heterocycles. The average Bonchev–Trinajstić information content (AvgIpc) is 2.90. The first-order valence-electron chi connectivity index (χ1n) is 9.04. The van der Waals surface area contributed by atoms with Gasteiger partial charge in [-0.05, 0) is 17.2 Å². The number of hydrogen-bond acceptors (Lipinski definition) is 4. The third-order valence-electron chi connectivity index (χ3n) is 4.96. The zero-order valence-corrected chi connectivity index (χ0v) is 15.5. The normalized spacial score (nSPS) is 18.6. The maximum absolute atomic E-state index is 13.0. The molecule has 140 valence electrons. The number of ether oxygens (including phenoxy) is 2. The van der Waals surface area contributed by atoms with Crippen LogP contribution in [0.25, 0.3) is 5.57 Å². The van der Waals surface area contributed by atoms with Gasteiger partial charge in [0.25, 0.3) is 0 Å². The first-order chi connectivity index (χ1) is 13.6. The van der Waals surface area contributed by atoms with Crippen molar-refractivity contribution in [3.8, 4) is 5.75 Å². The second-order valence-corrected chi connectivity index (χ2v) is 6.62. The number of methoxy groups -OCH3 is 1. The Labute approximate surface area is 163 Å². The van der Waals surface area contributed by atoms with Gasteiger partial charge in [-0.1, -0.05) is 78.9 Å². The Morgan fingerprint density at radius 1 is 0.929 bits per heavy atom. The van der Waals surface area contributed by atoms with Crippen LogP contribution in [-0.4, -0.2) is 24.8 Å². The Bertz CT molecular complexity index is 1020. The van der Waals surface area contributed by atoms with Gasteiger partial charge in [0, 0.05) is 11.1 Å². The predicted octanol–water partition coefficient (Wildman–Crippen LogP) is 3.94. The molecule has 3 aromatic rings. The van der Waals surface area contributed by atoms with Crippen LogP contribution in [0.4, 0.5) is 0 Å². The number of carbonyl (C=O) groups excluding carboxylic acids is 1. The van der Waals surface area contributed by atoms with Gasteiger partial charge in [0.2, 0.25) is 0 Å². The third-order valence-corrected chi connectivity index (χ3v) is 4.96. The number of carbonyl (C=O) groups is 1. The van der Waals surface area contributed by atoms with Crippen LogP contribution in [0.1, 0.15) is 16.7 Å². The van der Waals surface area contributed by atoms with Crippen LogP contribution in [0.15, 0.2) is 90.5 Å². The molecule has 0 aliphatic carbocycles. The van der Waals surface area contributed by atoms with E-state index in [1.807, 2.05) is 72.8 Å². The highest BCUT2D eigenvalue weighted by Gasteiger charge is 2.44. The number of benzene rings is 3. The van der Waals surface area contributed by atoms with Gasteiger partial charge in [0.1, 0.15) is 12.4 Å². The lowest BCUT2D eigenvalue weighted by molar-refractivity contribution is -0.139. The topological polar surface area (TPSA) is 55.8 Å². The van der Waals surface area contributed by atoms with E-state index >= 15 is 0 Å². The van der Waals surface area contributed by atoms with Crippen molar-refractivity contribution < 1.29 is 19.4 Å². The first-order valence-corrected chi connectivity index (χ1v) is 9.04. The molecule has 28 heavy (non-hydrogen) atoms. The molecule has 4 heteroatoms. The summed E-state index contributed by atoms with van der Waals surface area (Å²) < 4.78 is 11.1. The molecule has 1 N–H and O–H groups in total. The molecule has 1 aliphatic heterocycles. The zero-order valence-electron chi connectivity index (χ0n) is 15.5. The highest BCUT2D eigenvalue weighted by molar-refractivity contribution is 6.05. The lowest BCUT2D eigenvalue weighted by atomic mass is 9.80. The molecular weight excluding hydrogens is 352 g/mol. The van der Waals surface area contributed by atoms with Gasteiger partial charge in [-0.25, -0.2) is 4.79 Å². The molecule has 3 aromatic carbocycles. The fourth-order valence-corrected chi connectivity index (χ4v) is 3.61. The van der Waals surface area contributed by atoms with Crippen molar-refractivity contribution in [3.63, 3.8) is 0 Å². The quantitative estimate of drug-likeness (QED) is 0.708. The van der Waals surface area contributed by atoms with Gasteiger partial charge >= 0.3 is 5.97 Å². The summed E-state index contributed by atoms with van der Waals surface area (Å²) in [5.74, 6) is 0.0140. The van der Waals surface area contributed by atoms with E-state index in [0.29, 0.717) is 16.9 Å². The highest BCUT2D eigenvalue weighted by Crippen LogP contribution is 2.44. The molecule has 4 rings (SSSR count). The van der Waals surface area contributed by atoms with Crippen LogP contribution < -0.4 is 4.74 Å². The number of hydrogen-bond donors (Lipinski definition) is 1. The molecule has 4 nitrogen and oxygen atoms in total. The summed E-state index contributed by atoms with van der Waals surface area (Å²) in [6.07, 6.45) is 0. The Balaban J connectivity index is 2.10. The van der Waals surface area contributed by atoms with Crippen molar-refractivity contribution in [3.05, 3.63) is 107 Å². The summed E-state index contributed by atoms with van der Waals surface area (Å²) in [4.78, 5) is 13.0. The molecule has 1 aliphatic rings. The number of para-hydroxylation sites is 1. The molecule has 1 atom stereocenters. The van der Waals surface area contributed by atoms with E-state index in [2.05, 4.69) is 0 Å². The summed E-state index contributed by atoms with van der Waals surface area (Å²) >= 11 is 0. The van der Waals surface area contributed by atoms with Crippen molar-refractivity contribution in [1.29, 1.82) is 0 Å². The molecular formula is C24H20O4. The van der Waals surface area contributed by atoms with E-state index in [4.69, 9.17) is 9.47 Å². The summed E-state index contributed by atoms with van der Waals surface area (Å²) in [6.45, 7) is -0.102. The summed E-state index contributed by atoms with van der Waals surface area (Å²) in [6, 6.07) is 26.1. The number of fused-ring (bicyclic) bond motifs is 1. The summed E-state index contributed by atoms with van der Waals surface area (Å²) in [5.41, 5.74) is 1.20.